The summed E-state index contributed by atoms with van der Waals surface area (Å²) < 4.78 is 10.6. The highest BCUT2D eigenvalue weighted by Crippen LogP contribution is 2.47. The molecule has 0 aromatic rings. The van der Waals surface area contributed by atoms with Crippen molar-refractivity contribution in [3.63, 3.8) is 0 Å². The Labute approximate surface area is 105 Å². The number of rotatable bonds is 3. The Balaban J connectivity index is 2.81. The van der Waals surface area contributed by atoms with E-state index in [1.165, 1.54) is 7.11 Å². The fourth-order valence-electron chi connectivity index (χ4n) is 1.84. The van der Waals surface area contributed by atoms with Crippen LogP contribution in [0.3, 0.4) is 0 Å². The van der Waals surface area contributed by atoms with Crippen LogP contribution in [0.25, 0.3) is 0 Å². The number of methoxy groups -OCH3 is 1. The summed E-state index contributed by atoms with van der Waals surface area (Å²) in [6.45, 7) is 13.3. The molecule has 0 saturated carbocycles. The Morgan fingerprint density at radius 3 is 2.24 bits per heavy atom. The lowest BCUT2D eigenvalue weighted by Gasteiger charge is -2.35. The van der Waals surface area contributed by atoms with Crippen LogP contribution in [0.1, 0.15) is 27.7 Å². The third-order valence-corrected chi connectivity index (χ3v) is 9.90. The van der Waals surface area contributed by atoms with E-state index in [-0.39, 0.29) is 22.8 Å². The highest BCUT2D eigenvalue weighted by molar-refractivity contribution is 6.82. The average Bonchev–Trinajstić information content (AvgIpc) is 2.97. The van der Waals surface area contributed by atoms with E-state index in [0.29, 0.717) is 5.57 Å². The van der Waals surface area contributed by atoms with E-state index in [2.05, 4.69) is 33.9 Å². The summed E-state index contributed by atoms with van der Waals surface area (Å²) in [4.78, 5) is 11.6. The maximum absolute atomic E-state index is 11.6. The second-order valence-corrected chi connectivity index (χ2v) is 11.7. The van der Waals surface area contributed by atoms with Crippen LogP contribution in [0.15, 0.2) is 11.6 Å². The first kappa shape index (κ1) is 14.4. The highest BCUT2D eigenvalue weighted by atomic mass is 28.3. The molecule has 1 fully saturated rings. The zero-order valence-electron chi connectivity index (χ0n) is 12.0. The first-order valence-corrected chi connectivity index (χ1v) is 9.14. The second-order valence-electron chi connectivity index (χ2n) is 6.18. The summed E-state index contributed by atoms with van der Waals surface area (Å²) in [7, 11) is -0.130. The van der Waals surface area contributed by atoms with Gasteiger partial charge in [-0.1, -0.05) is 39.9 Å². The van der Waals surface area contributed by atoms with Crippen LogP contribution in [0.5, 0.6) is 0 Å². The molecule has 2 atom stereocenters. The molecule has 2 unspecified atom stereocenters. The molecule has 0 aliphatic carbocycles. The highest BCUT2D eigenvalue weighted by Gasteiger charge is 2.57. The van der Waals surface area contributed by atoms with E-state index in [0.717, 1.165) is 0 Å². The molecule has 4 heteroatoms. The molecule has 1 saturated heterocycles. The topological polar surface area (TPSA) is 38.8 Å². The van der Waals surface area contributed by atoms with Gasteiger partial charge in [-0.2, -0.15) is 0 Å². The Bertz CT molecular complexity index is 339. The summed E-state index contributed by atoms with van der Waals surface area (Å²) in [5.41, 5.74) is 0.898. The predicted molar refractivity (Wildman–Crippen MR) is 71.6 cm³/mol. The maximum Gasteiger partial charge on any atom is 0.336 e. The van der Waals surface area contributed by atoms with E-state index in [4.69, 9.17) is 9.47 Å². The van der Waals surface area contributed by atoms with Crippen molar-refractivity contribution in [2.75, 3.05) is 7.11 Å². The minimum absolute atomic E-state index is 0.0478. The van der Waals surface area contributed by atoms with Gasteiger partial charge in [-0.25, -0.2) is 4.79 Å². The van der Waals surface area contributed by atoms with Crippen molar-refractivity contribution in [3.8, 4) is 0 Å². The van der Waals surface area contributed by atoms with Gasteiger partial charge >= 0.3 is 5.97 Å². The fourth-order valence-corrected chi connectivity index (χ4v) is 4.12. The number of carbonyl (C=O) groups is 1. The number of allylic oxidation sites excluding steroid dienone is 1. The third-order valence-electron chi connectivity index (χ3n) is 4.17. The van der Waals surface area contributed by atoms with Crippen LogP contribution >= 0.6 is 0 Å². The zero-order chi connectivity index (χ0) is 13.4. The smallest absolute Gasteiger partial charge is 0.336 e. The van der Waals surface area contributed by atoms with Crippen molar-refractivity contribution in [1.29, 1.82) is 0 Å². The number of carbonyl (C=O) groups excluding carboxylic acids is 1. The minimum atomic E-state index is -1.54. The molecule has 1 aliphatic heterocycles. The molecule has 0 amide bonds. The summed E-state index contributed by atoms with van der Waals surface area (Å²) in [6.07, 6.45) is 1.76. The average molecular weight is 256 g/mol. The van der Waals surface area contributed by atoms with E-state index >= 15 is 0 Å². The molecule has 1 rings (SSSR count). The monoisotopic (exact) mass is 256 g/mol. The van der Waals surface area contributed by atoms with Gasteiger partial charge in [0.1, 0.15) is 6.10 Å². The summed E-state index contributed by atoms with van der Waals surface area (Å²) >= 11 is 0. The number of hydrogen-bond donors (Lipinski definition) is 0. The van der Waals surface area contributed by atoms with E-state index < -0.39 is 8.07 Å². The van der Waals surface area contributed by atoms with Gasteiger partial charge in [0.05, 0.1) is 26.5 Å². The number of epoxide rings is 1. The van der Waals surface area contributed by atoms with E-state index in [1.807, 2.05) is 13.0 Å². The first-order valence-electron chi connectivity index (χ1n) is 6.06. The molecular weight excluding hydrogens is 232 g/mol. The minimum Gasteiger partial charge on any atom is -0.466 e. The Morgan fingerprint density at radius 2 is 1.88 bits per heavy atom. The lowest BCUT2D eigenvalue weighted by atomic mass is 10.2. The van der Waals surface area contributed by atoms with Crippen LogP contribution in [0, 0.1) is 0 Å². The van der Waals surface area contributed by atoms with Gasteiger partial charge < -0.3 is 9.47 Å². The van der Waals surface area contributed by atoms with Crippen molar-refractivity contribution in [3.05, 3.63) is 11.6 Å². The van der Waals surface area contributed by atoms with Gasteiger partial charge in [-0.05, 0) is 12.0 Å². The van der Waals surface area contributed by atoms with Crippen molar-refractivity contribution in [2.24, 2.45) is 0 Å². The van der Waals surface area contributed by atoms with Crippen LogP contribution in [0.2, 0.25) is 18.1 Å². The predicted octanol–water partition coefficient (Wildman–Crippen LogP) is 2.92. The molecule has 17 heavy (non-hydrogen) atoms. The molecule has 0 bridgehead atoms. The van der Waals surface area contributed by atoms with Crippen LogP contribution in [-0.2, 0) is 14.3 Å². The SMILES string of the molecule is C/C=C(/C(=O)OC)C1OC1[Si](C)(C)C(C)(C)C. The largest absolute Gasteiger partial charge is 0.466 e. The van der Waals surface area contributed by atoms with Crippen molar-refractivity contribution < 1.29 is 14.3 Å². The fraction of sp³-hybridized carbons (Fsp3) is 0.769. The van der Waals surface area contributed by atoms with Gasteiger partial charge in [0.2, 0.25) is 0 Å². The van der Waals surface area contributed by atoms with Gasteiger partial charge in [0.15, 0.2) is 0 Å². The lowest BCUT2D eigenvalue weighted by Crippen LogP contribution is -2.44. The van der Waals surface area contributed by atoms with Crippen LogP contribution in [-0.4, -0.2) is 33.0 Å². The first-order chi connectivity index (χ1) is 7.66. The Morgan fingerprint density at radius 1 is 1.35 bits per heavy atom. The molecule has 0 aromatic heterocycles. The van der Waals surface area contributed by atoms with E-state index in [9.17, 15) is 4.79 Å². The standard InChI is InChI=1S/C13H24O3Si/c1-8-9(11(14)15-5)10-12(16-10)17(6,7)13(2,3)4/h8,10,12H,1-7H3/b9-8+. The Hall–Kier alpha value is -0.613. The van der Waals surface area contributed by atoms with Crippen LogP contribution in [0.4, 0.5) is 0 Å². The normalized spacial score (nSPS) is 25.7. The molecule has 98 valence electrons. The van der Waals surface area contributed by atoms with Crippen LogP contribution < -0.4 is 0 Å². The quantitative estimate of drug-likeness (QED) is 0.337. The van der Waals surface area contributed by atoms with Gasteiger partial charge in [-0.15, -0.1) is 0 Å². The number of ether oxygens (including phenoxy) is 2. The van der Waals surface area contributed by atoms with Crippen molar-refractivity contribution in [1.82, 2.24) is 0 Å². The zero-order valence-corrected chi connectivity index (χ0v) is 13.0. The number of esters is 1. The second kappa shape index (κ2) is 4.57. The van der Waals surface area contributed by atoms with Gasteiger partial charge in [0.25, 0.3) is 0 Å². The molecule has 0 N–H and O–H groups in total. The van der Waals surface area contributed by atoms with Crippen molar-refractivity contribution >= 4 is 14.0 Å². The molecule has 0 radical (unpaired) electrons. The number of hydrogen-bond acceptors (Lipinski definition) is 3. The molecule has 1 heterocycles. The van der Waals surface area contributed by atoms with Gasteiger partial charge in [-0.3, -0.25) is 0 Å². The Kier molecular flexibility index (Phi) is 3.89. The third kappa shape index (κ3) is 2.63. The summed E-state index contributed by atoms with van der Waals surface area (Å²) in [5.74, 6) is -0.265. The van der Waals surface area contributed by atoms with E-state index in [1.54, 1.807) is 0 Å². The molecule has 0 aromatic carbocycles. The maximum atomic E-state index is 11.6. The van der Waals surface area contributed by atoms with Gasteiger partial charge in [0, 0.05) is 0 Å². The molecule has 0 spiro atoms. The lowest BCUT2D eigenvalue weighted by molar-refractivity contribution is -0.136. The summed E-state index contributed by atoms with van der Waals surface area (Å²) in [5, 5.41) is 0.265. The molecular formula is C13H24O3Si. The molecule has 3 nitrogen and oxygen atoms in total. The summed E-state index contributed by atoms with van der Waals surface area (Å²) in [6, 6.07) is 0. The van der Waals surface area contributed by atoms with Crippen molar-refractivity contribution in [2.45, 2.75) is 57.7 Å². The molecule has 1 aliphatic rings.